The normalized spacial score (nSPS) is 12.1. The molecule has 0 aliphatic heterocycles. The van der Waals surface area contributed by atoms with E-state index in [0.717, 1.165) is 0 Å². The summed E-state index contributed by atoms with van der Waals surface area (Å²) in [5.74, 6) is -0.989. The van der Waals surface area contributed by atoms with Crippen LogP contribution in [-0.2, 0) is 9.53 Å². The minimum absolute atomic E-state index is 0.0385. The monoisotopic (exact) mass is 265 g/mol. The molecule has 1 atom stereocenters. The summed E-state index contributed by atoms with van der Waals surface area (Å²) in [5.41, 5.74) is 0.586. The number of ether oxygens (including phenoxy) is 1. The number of carboxylic acids is 1. The van der Waals surface area contributed by atoms with Gasteiger partial charge in [-0.3, -0.25) is 9.59 Å². The molecule has 104 valence electrons. The topological polar surface area (TPSA) is 75.6 Å². The van der Waals surface area contributed by atoms with E-state index in [1.54, 1.807) is 31.4 Å². The van der Waals surface area contributed by atoms with Crippen molar-refractivity contribution >= 4 is 11.8 Å². The Hall–Kier alpha value is -1.72. The van der Waals surface area contributed by atoms with E-state index in [-0.39, 0.29) is 18.6 Å². The summed E-state index contributed by atoms with van der Waals surface area (Å²) in [4.78, 5) is 22.9. The Morgan fingerprint density at radius 2 is 2.00 bits per heavy atom. The SMILES string of the molecule is COCCNC(CCC(=O)O)C(=O)c1ccccc1. The second-order valence-electron chi connectivity index (χ2n) is 4.16. The highest BCUT2D eigenvalue weighted by molar-refractivity contribution is 6.00. The Kier molecular flexibility index (Phi) is 6.78. The third kappa shape index (κ3) is 5.63. The fourth-order valence-electron chi connectivity index (χ4n) is 1.73. The molecular weight excluding hydrogens is 246 g/mol. The number of nitrogens with one attached hydrogen (secondary N) is 1. The van der Waals surface area contributed by atoms with Gasteiger partial charge in [0.05, 0.1) is 12.6 Å². The van der Waals surface area contributed by atoms with Crippen molar-refractivity contribution in [1.82, 2.24) is 5.32 Å². The highest BCUT2D eigenvalue weighted by Gasteiger charge is 2.20. The average Bonchev–Trinajstić information content (AvgIpc) is 2.42. The van der Waals surface area contributed by atoms with Crippen LogP contribution in [0.25, 0.3) is 0 Å². The molecule has 1 aromatic rings. The first-order valence-corrected chi connectivity index (χ1v) is 6.18. The molecule has 5 nitrogen and oxygen atoms in total. The molecular formula is C14H19NO4. The van der Waals surface area contributed by atoms with Gasteiger partial charge in [-0.15, -0.1) is 0 Å². The molecule has 0 fully saturated rings. The molecule has 0 amide bonds. The van der Waals surface area contributed by atoms with Crippen LogP contribution in [0.5, 0.6) is 0 Å². The maximum Gasteiger partial charge on any atom is 0.303 e. The highest BCUT2D eigenvalue weighted by Crippen LogP contribution is 2.08. The van der Waals surface area contributed by atoms with Crippen molar-refractivity contribution in [3.05, 3.63) is 35.9 Å². The van der Waals surface area contributed by atoms with Gasteiger partial charge >= 0.3 is 5.97 Å². The predicted octanol–water partition coefficient (Wildman–Crippen LogP) is 1.34. The lowest BCUT2D eigenvalue weighted by molar-refractivity contribution is -0.137. The lowest BCUT2D eigenvalue weighted by Crippen LogP contribution is -2.39. The Balaban J connectivity index is 2.65. The fourth-order valence-corrected chi connectivity index (χ4v) is 1.73. The molecule has 0 heterocycles. The number of carboxylic acid groups (broad SMARTS) is 1. The van der Waals surface area contributed by atoms with E-state index in [1.807, 2.05) is 6.07 Å². The van der Waals surface area contributed by atoms with Crippen LogP contribution in [0.3, 0.4) is 0 Å². The molecule has 1 unspecified atom stereocenters. The minimum atomic E-state index is -0.903. The van der Waals surface area contributed by atoms with Crippen LogP contribution >= 0.6 is 0 Å². The first kappa shape index (κ1) is 15.3. The van der Waals surface area contributed by atoms with Gasteiger partial charge in [0.25, 0.3) is 0 Å². The fraction of sp³-hybridized carbons (Fsp3) is 0.429. The number of carbonyl (C=O) groups is 2. The number of hydrogen-bond donors (Lipinski definition) is 2. The van der Waals surface area contributed by atoms with Crippen LogP contribution in [-0.4, -0.2) is 43.2 Å². The van der Waals surface area contributed by atoms with Crippen molar-refractivity contribution in [1.29, 1.82) is 0 Å². The molecule has 1 rings (SSSR count). The third-order valence-electron chi connectivity index (χ3n) is 2.72. The molecule has 0 bridgehead atoms. The molecule has 0 saturated carbocycles. The number of methoxy groups -OCH3 is 1. The highest BCUT2D eigenvalue weighted by atomic mass is 16.5. The Bertz CT molecular complexity index is 405. The summed E-state index contributed by atoms with van der Waals surface area (Å²) in [6.45, 7) is 0.991. The number of hydrogen-bond acceptors (Lipinski definition) is 4. The van der Waals surface area contributed by atoms with E-state index in [2.05, 4.69) is 5.32 Å². The zero-order chi connectivity index (χ0) is 14.1. The summed E-state index contributed by atoms with van der Waals surface area (Å²) >= 11 is 0. The molecule has 1 aromatic carbocycles. The number of carbonyl (C=O) groups excluding carboxylic acids is 1. The van der Waals surface area contributed by atoms with Crippen LogP contribution in [0.15, 0.2) is 30.3 Å². The average molecular weight is 265 g/mol. The molecule has 0 radical (unpaired) electrons. The molecule has 0 aliphatic rings. The molecule has 0 saturated heterocycles. The van der Waals surface area contributed by atoms with E-state index >= 15 is 0 Å². The van der Waals surface area contributed by atoms with Gasteiger partial charge in [-0.05, 0) is 6.42 Å². The quantitative estimate of drug-likeness (QED) is 0.520. The van der Waals surface area contributed by atoms with Gasteiger partial charge in [0.15, 0.2) is 5.78 Å². The minimum Gasteiger partial charge on any atom is -0.481 e. The second-order valence-corrected chi connectivity index (χ2v) is 4.16. The largest absolute Gasteiger partial charge is 0.481 e. The lowest BCUT2D eigenvalue weighted by atomic mass is 10.00. The smallest absolute Gasteiger partial charge is 0.303 e. The van der Waals surface area contributed by atoms with Gasteiger partial charge < -0.3 is 15.2 Å². The number of rotatable bonds is 9. The van der Waals surface area contributed by atoms with Crippen molar-refractivity contribution in [2.45, 2.75) is 18.9 Å². The molecule has 0 aromatic heterocycles. The van der Waals surface area contributed by atoms with Crippen molar-refractivity contribution in [3.63, 3.8) is 0 Å². The number of Topliss-reactive ketones (excluding diaryl/α,β-unsaturated/α-hetero) is 1. The first-order chi connectivity index (χ1) is 9.15. The van der Waals surface area contributed by atoms with Gasteiger partial charge in [-0.1, -0.05) is 30.3 Å². The number of aliphatic carboxylic acids is 1. The maximum atomic E-state index is 12.3. The maximum absolute atomic E-state index is 12.3. The standard InChI is InChI=1S/C14H19NO4/c1-19-10-9-15-12(7-8-13(16)17)14(18)11-5-3-2-4-6-11/h2-6,12,15H,7-10H2,1H3,(H,16,17). The zero-order valence-electron chi connectivity index (χ0n) is 11.0. The Morgan fingerprint density at radius 3 is 2.58 bits per heavy atom. The first-order valence-electron chi connectivity index (χ1n) is 6.18. The van der Waals surface area contributed by atoms with Gasteiger partial charge in [0.1, 0.15) is 0 Å². The van der Waals surface area contributed by atoms with Gasteiger partial charge in [0.2, 0.25) is 0 Å². The lowest BCUT2D eigenvalue weighted by Gasteiger charge is -2.16. The summed E-state index contributed by atoms with van der Waals surface area (Å²) in [5, 5.41) is 11.8. The number of benzene rings is 1. The van der Waals surface area contributed by atoms with Crippen molar-refractivity contribution < 1.29 is 19.4 Å². The van der Waals surface area contributed by atoms with E-state index in [0.29, 0.717) is 18.7 Å². The summed E-state index contributed by atoms with van der Waals surface area (Å²) < 4.78 is 4.91. The Morgan fingerprint density at radius 1 is 1.32 bits per heavy atom. The van der Waals surface area contributed by atoms with Crippen molar-refractivity contribution in [2.24, 2.45) is 0 Å². The molecule has 0 aliphatic carbocycles. The van der Waals surface area contributed by atoms with Gasteiger partial charge in [-0.2, -0.15) is 0 Å². The van der Waals surface area contributed by atoms with E-state index in [1.165, 1.54) is 0 Å². The predicted molar refractivity (Wildman–Crippen MR) is 71.3 cm³/mol. The summed E-state index contributed by atoms with van der Waals surface area (Å²) in [7, 11) is 1.58. The van der Waals surface area contributed by atoms with E-state index in [9.17, 15) is 9.59 Å². The van der Waals surface area contributed by atoms with Gasteiger partial charge in [-0.25, -0.2) is 0 Å². The van der Waals surface area contributed by atoms with Crippen LogP contribution < -0.4 is 5.32 Å². The molecule has 5 heteroatoms. The van der Waals surface area contributed by atoms with E-state index < -0.39 is 12.0 Å². The number of ketones is 1. The zero-order valence-corrected chi connectivity index (χ0v) is 11.0. The second kappa shape index (κ2) is 8.39. The molecule has 0 spiro atoms. The van der Waals surface area contributed by atoms with Crippen molar-refractivity contribution in [3.8, 4) is 0 Å². The third-order valence-corrected chi connectivity index (χ3v) is 2.72. The summed E-state index contributed by atoms with van der Waals surface area (Å²) in [6.07, 6.45) is 0.232. The van der Waals surface area contributed by atoms with Crippen LogP contribution in [0, 0.1) is 0 Å². The molecule has 2 N–H and O–H groups in total. The summed E-state index contributed by atoms with van der Waals surface area (Å²) in [6, 6.07) is 8.38. The van der Waals surface area contributed by atoms with E-state index in [4.69, 9.17) is 9.84 Å². The Labute approximate surface area is 112 Å². The molecule has 19 heavy (non-hydrogen) atoms. The van der Waals surface area contributed by atoms with Crippen molar-refractivity contribution in [2.75, 3.05) is 20.3 Å². The van der Waals surface area contributed by atoms with Gasteiger partial charge in [0, 0.05) is 25.6 Å². The van der Waals surface area contributed by atoms with Crippen LogP contribution in [0.1, 0.15) is 23.2 Å². The van der Waals surface area contributed by atoms with Crippen LogP contribution in [0.4, 0.5) is 0 Å². The van der Waals surface area contributed by atoms with Crippen LogP contribution in [0.2, 0.25) is 0 Å².